The number of morpholine rings is 1. The highest BCUT2D eigenvalue weighted by molar-refractivity contribution is 6.08. The summed E-state index contributed by atoms with van der Waals surface area (Å²) in [4.78, 5) is 39.8. The number of carbonyl (C=O) groups excluding carboxylic acids is 3. The molecule has 3 rings (SSSR count). The van der Waals surface area contributed by atoms with E-state index in [0.717, 1.165) is 48.1 Å². The summed E-state index contributed by atoms with van der Waals surface area (Å²) < 4.78 is 11.0. The van der Waals surface area contributed by atoms with E-state index in [1.807, 2.05) is 6.07 Å². The molecule has 166 valence electrons. The molecule has 1 saturated heterocycles. The lowest BCUT2D eigenvalue weighted by Gasteiger charge is -2.25. The van der Waals surface area contributed by atoms with Crippen molar-refractivity contribution in [1.82, 2.24) is 20.6 Å². The molecule has 0 aliphatic carbocycles. The Kier molecular flexibility index (Phi) is 7.40. The van der Waals surface area contributed by atoms with Crippen molar-refractivity contribution in [2.45, 2.75) is 12.6 Å². The minimum absolute atomic E-state index is 0.294. The lowest BCUT2D eigenvalue weighted by atomic mass is 10.1. The molecule has 2 aromatic rings. The molecule has 1 atom stereocenters. The zero-order valence-corrected chi connectivity index (χ0v) is 17.5. The lowest BCUT2D eigenvalue weighted by molar-refractivity contribution is -0.140. The maximum atomic E-state index is 12.8. The maximum absolute atomic E-state index is 12.8. The third-order valence-corrected chi connectivity index (χ3v) is 5.16. The summed E-state index contributed by atoms with van der Waals surface area (Å²) in [5.41, 5.74) is 3.46. The predicted octanol–water partition coefficient (Wildman–Crippen LogP) is 0.471. The predicted molar refractivity (Wildman–Crippen MR) is 110 cm³/mol. The van der Waals surface area contributed by atoms with Gasteiger partial charge in [0.25, 0.3) is 17.7 Å². The van der Waals surface area contributed by atoms with Crippen molar-refractivity contribution in [1.29, 1.82) is 0 Å². The number of amides is 3. The average Bonchev–Trinajstić information content (AvgIpc) is 3.27. The van der Waals surface area contributed by atoms with Crippen LogP contribution in [0.1, 0.15) is 16.1 Å². The van der Waals surface area contributed by atoms with Crippen molar-refractivity contribution in [3.8, 4) is 11.1 Å². The van der Waals surface area contributed by atoms with Gasteiger partial charge in [0.15, 0.2) is 6.04 Å². The van der Waals surface area contributed by atoms with Crippen LogP contribution in [-0.2, 0) is 20.9 Å². The molecule has 1 aliphatic heterocycles. The van der Waals surface area contributed by atoms with Crippen molar-refractivity contribution < 1.29 is 28.7 Å². The van der Waals surface area contributed by atoms with Crippen molar-refractivity contribution >= 4 is 17.7 Å². The molecular weight excluding hydrogens is 404 g/mol. The minimum atomic E-state index is -1.50. The highest BCUT2D eigenvalue weighted by Crippen LogP contribution is 2.24. The third kappa shape index (κ3) is 5.29. The Balaban J connectivity index is 1.70. The normalized spacial score (nSPS) is 15.2. The van der Waals surface area contributed by atoms with Gasteiger partial charge < -0.3 is 19.4 Å². The lowest BCUT2D eigenvalue weighted by Crippen LogP contribution is -2.54. The molecule has 31 heavy (non-hydrogen) atoms. The third-order valence-electron chi connectivity index (χ3n) is 5.16. The average molecular weight is 430 g/mol. The topological polar surface area (TPSA) is 124 Å². The smallest absolute Gasteiger partial charge is 0.275 e. The first-order valence-electron chi connectivity index (χ1n) is 9.85. The molecule has 3 N–H and O–H groups in total. The van der Waals surface area contributed by atoms with Crippen molar-refractivity contribution in [3.63, 3.8) is 0 Å². The number of hydrogen-bond donors (Lipinski definition) is 3. The van der Waals surface area contributed by atoms with E-state index in [1.54, 1.807) is 30.5 Å². The van der Waals surface area contributed by atoms with Gasteiger partial charge in [0, 0.05) is 38.3 Å². The quantitative estimate of drug-likeness (QED) is 0.331. The van der Waals surface area contributed by atoms with Crippen LogP contribution in [0.4, 0.5) is 0 Å². The number of rotatable bonds is 7. The molecule has 0 spiro atoms. The van der Waals surface area contributed by atoms with Crippen LogP contribution in [0.15, 0.2) is 41.0 Å². The molecule has 2 heterocycles. The van der Waals surface area contributed by atoms with E-state index in [9.17, 15) is 14.4 Å². The molecule has 3 amide bonds. The Morgan fingerprint density at radius 2 is 1.81 bits per heavy atom. The Morgan fingerprint density at radius 3 is 2.42 bits per heavy atom. The number of nitrogens with zero attached hydrogens (tertiary/aromatic N) is 2. The zero-order valence-electron chi connectivity index (χ0n) is 17.5. The molecule has 1 fully saturated rings. The summed E-state index contributed by atoms with van der Waals surface area (Å²) in [7, 11) is 2.66. The fraction of sp³-hybridized carbons (Fsp3) is 0.381. The summed E-state index contributed by atoms with van der Waals surface area (Å²) in [6, 6.07) is 7.22. The molecule has 1 aromatic heterocycles. The first-order chi connectivity index (χ1) is 14.9. The molecule has 1 aromatic carbocycles. The van der Waals surface area contributed by atoms with E-state index in [0.29, 0.717) is 12.1 Å². The fourth-order valence-corrected chi connectivity index (χ4v) is 3.39. The van der Waals surface area contributed by atoms with Gasteiger partial charge >= 0.3 is 0 Å². The SMILES string of the molecule is CNC(=O)C(C(=O)NO)N(C)C(=O)c1ccc(-c2coc(CN3CCOCC3)c2)cc1. The standard InChI is InChI=1S/C21H26N4O6/c1-22-19(26)18(20(27)23-29)24(2)21(28)15-5-3-14(4-6-15)16-11-17(31-13-16)12-25-7-9-30-10-8-25/h3-6,11,13,18,29H,7-10,12H2,1-2H3,(H,22,26)(H,23,27). The number of nitrogens with one attached hydrogen (secondary N) is 2. The van der Waals surface area contributed by atoms with Crippen LogP contribution >= 0.6 is 0 Å². The monoisotopic (exact) mass is 430 g/mol. The van der Waals surface area contributed by atoms with Crippen LogP contribution in [0.5, 0.6) is 0 Å². The van der Waals surface area contributed by atoms with E-state index >= 15 is 0 Å². The van der Waals surface area contributed by atoms with Crippen molar-refractivity contribution in [2.24, 2.45) is 0 Å². The van der Waals surface area contributed by atoms with Crippen molar-refractivity contribution in [3.05, 3.63) is 47.9 Å². The Morgan fingerprint density at radius 1 is 1.13 bits per heavy atom. The summed E-state index contributed by atoms with van der Waals surface area (Å²) in [6.07, 6.45) is 1.67. The molecule has 10 nitrogen and oxygen atoms in total. The number of likely N-dealkylation sites (N-methyl/N-ethyl adjacent to an activating group) is 2. The summed E-state index contributed by atoms with van der Waals surface area (Å²) in [6.45, 7) is 3.88. The number of hydrogen-bond acceptors (Lipinski definition) is 7. The molecule has 1 unspecified atom stereocenters. The number of benzene rings is 1. The van der Waals surface area contributed by atoms with Gasteiger partial charge in [-0.3, -0.25) is 24.5 Å². The van der Waals surface area contributed by atoms with Gasteiger partial charge in [0.2, 0.25) is 0 Å². The summed E-state index contributed by atoms with van der Waals surface area (Å²) >= 11 is 0. The fourth-order valence-electron chi connectivity index (χ4n) is 3.39. The largest absolute Gasteiger partial charge is 0.467 e. The number of ether oxygens (including phenoxy) is 1. The number of carbonyl (C=O) groups is 3. The molecule has 0 radical (unpaired) electrons. The van der Waals surface area contributed by atoms with Crippen LogP contribution in [0, 0.1) is 0 Å². The van der Waals surface area contributed by atoms with E-state index in [1.165, 1.54) is 19.6 Å². The van der Waals surface area contributed by atoms with E-state index in [2.05, 4.69) is 10.2 Å². The molecular formula is C21H26N4O6. The Bertz CT molecular complexity index is 904. The van der Waals surface area contributed by atoms with E-state index in [4.69, 9.17) is 14.4 Å². The molecule has 0 saturated carbocycles. The highest BCUT2D eigenvalue weighted by atomic mass is 16.5. The van der Waals surface area contributed by atoms with Crippen LogP contribution in [0.25, 0.3) is 11.1 Å². The van der Waals surface area contributed by atoms with Gasteiger partial charge in [0.1, 0.15) is 5.76 Å². The van der Waals surface area contributed by atoms with Gasteiger partial charge in [-0.25, -0.2) is 5.48 Å². The van der Waals surface area contributed by atoms with E-state index in [-0.39, 0.29) is 0 Å². The summed E-state index contributed by atoms with van der Waals surface area (Å²) in [5, 5.41) is 11.2. The highest BCUT2D eigenvalue weighted by Gasteiger charge is 2.33. The van der Waals surface area contributed by atoms with Gasteiger partial charge in [-0.05, 0) is 23.8 Å². The number of hydroxylamine groups is 1. The Labute approximate surface area is 179 Å². The van der Waals surface area contributed by atoms with Gasteiger partial charge in [-0.1, -0.05) is 12.1 Å². The maximum Gasteiger partial charge on any atom is 0.275 e. The second-order valence-electron chi connectivity index (χ2n) is 7.18. The zero-order chi connectivity index (χ0) is 22.4. The Hall–Kier alpha value is -3.21. The van der Waals surface area contributed by atoms with Crippen LogP contribution in [-0.4, -0.2) is 79.2 Å². The van der Waals surface area contributed by atoms with Crippen LogP contribution in [0.2, 0.25) is 0 Å². The molecule has 0 bridgehead atoms. The van der Waals surface area contributed by atoms with E-state index < -0.39 is 23.8 Å². The van der Waals surface area contributed by atoms with Gasteiger partial charge in [0.05, 0.1) is 26.0 Å². The number of furan rings is 1. The molecule has 10 heteroatoms. The second kappa shape index (κ2) is 10.2. The van der Waals surface area contributed by atoms with Crippen LogP contribution in [0.3, 0.4) is 0 Å². The van der Waals surface area contributed by atoms with Gasteiger partial charge in [-0.2, -0.15) is 0 Å². The first kappa shape index (κ1) is 22.5. The minimum Gasteiger partial charge on any atom is -0.467 e. The second-order valence-corrected chi connectivity index (χ2v) is 7.18. The van der Waals surface area contributed by atoms with Crippen molar-refractivity contribution in [2.75, 3.05) is 40.4 Å². The van der Waals surface area contributed by atoms with Crippen LogP contribution < -0.4 is 10.8 Å². The van der Waals surface area contributed by atoms with Gasteiger partial charge in [-0.15, -0.1) is 0 Å². The summed E-state index contributed by atoms with van der Waals surface area (Å²) in [5.74, 6) is -1.41. The first-order valence-corrected chi connectivity index (χ1v) is 9.85. The molecule has 1 aliphatic rings.